The first-order chi connectivity index (χ1) is 22.2. The second kappa shape index (κ2) is 15.1. The summed E-state index contributed by atoms with van der Waals surface area (Å²) in [5.41, 5.74) is 9.25. The summed E-state index contributed by atoms with van der Waals surface area (Å²) in [6.07, 6.45) is -2.08. The van der Waals surface area contributed by atoms with Gasteiger partial charge in [-0.15, -0.1) is 0 Å². The molecule has 47 heavy (non-hydrogen) atoms. The molecule has 0 aliphatic carbocycles. The van der Waals surface area contributed by atoms with E-state index in [1.54, 1.807) is 12.1 Å². The predicted octanol–water partition coefficient (Wildman–Crippen LogP) is 63.5. The Morgan fingerprint density at radius 2 is 1.62 bits per heavy atom. The van der Waals surface area contributed by atoms with Crippen molar-refractivity contribution < 1.29 is 350 Å². The van der Waals surface area contributed by atoms with Crippen molar-refractivity contribution in [1.29, 1.82) is 0 Å². The summed E-state index contributed by atoms with van der Waals surface area (Å²) in [7, 11) is 0. The number of carboxylic acid groups (broad SMARTS) is 1. The van der Waals surface area contributed by atoms with E-state index < -0.39 is 30.5 Å². The van der Waals surface area contributed by atoms with E-state index in [0.717, 1.165) is 51.2 Å². The number of aliphatic hydroxyl groups excluding tert-OH is 2. The van der Waals surface area contributed by atoms with Gasteiger partial charge in [-0.25, -0.2) is 4.39 Å². The van der Waals surface area contributed by atoms with Crippen LogP contribution in [0.4, 0.5) is 10.1 Å². The highest BCUT2D eigenvalue weighted by molar-refractivity contribution is 6.13. The van der Waals surface area contributed by atoms with Crippen LogP contribution in [0.2, 0.25) is 0 Å². The summed E-state index contributed by atoms with van der Waals surface area (Å²) < 4.78 is 16.4. The molecule has 1 heterocycles. The number of aryl methyl sites for hydroxylation is 3. The van der Waals surface area contributed by atoms with E-state index in [-0.39, 0.29) is 352 Å². The molecule has 0 aliphatic rings. The molecule has 1 aromatic heterocycles. The minimum atomic E-state index is -1.20. The maximum atomic E-state index is 14.6. The topological polar surface area (TPSA) is 112 Å². The number of aliphatic carboxylic acids is 1. The number of carboxylic acids is 1. The molecule has 2 unspecified atom stereocenters. The number of halogens is 1. The summed E-state index contributed by atoms with van der Waals surface area (Å²) in [6, 6.07) is 18.0. The van der Waals surface area contributed by atoms with Crippen molar-refractivity contribution in [3.63, 3.8) is 0 Å². The average Bonchev–Trinajstić information content (AvgIpc) is 3.34. The van der Waals surface area contributed by atoms with Crippen LogP contribution >= 0.6 is 0 Å². The number of nitrogens with one attached hydrogen (secondary N) is 1. The first-order valence-electron chi connectivity index (χ1n) is 16.3. The number of aromatic nitrogens is 1. The van der Waals surface area contributed by atoms with Crippen LogP contribution < -0.4 is 5.32 Å². The van der Waals surface area contributed by atoms with E-state index in [1.807, 2.05) is 71.0 Å². The van der Waals surface area contributed by atoms with Crippen molar-refractivity contribution in [3.05, 3.63) is 100.0 Å². The summed E-state index contributed by atoms with van der Waals surface area (Å²) in [4.78, 5) is 25.8. The van der Waals surface area contributed by atoms with E-state index >= 15 is 0 Å². The zero-order chi connectivity index (χ0) is 34.6. The molecule has 0 saturated heterocycles. The number of anilines is 1. The number of carbonyl (C=O) groups is 2. The lowest BCUT2D eigenvalue weighted by atomic mass is 9.89. The van der Waals surface area contributed by atoms with Crippen molar-refractivity contribution in [1.82, 2.24) is 4.57 Å². The highest BCUT2D eigenvalue weighted by atomic mass is 19.1. The molecule has 8 heteroatoms. The summed E-state index contributed by atoms with van der Waals surface area (Å²) in [5, 5.41) is 33.8. The fourth-order valence-corrected chi connectivity index (χ4v) is 6.17. The van der Waals surface area contributed by atoms with Gasteiger partial charge in [0, 0.05) is 357 Å². The number of nitrogens with zero attached hydrogens (tertiary/aromatic N) is 1. The van der Waals surface area contributed by atoms with E-state index in [4.69, 9.17) is 5.11 Å². The van der Waals surface area contributed by atoms with Gasteiger partial charge in [0.2, 0.25) is 0 Å². The molecule has 0 radical (unpaired) electrons. The summed E-state index contributed by atoms with van der Waals surface area (Å²) >= 11 is 0. The average molecular weight is 1100 g/mol. The van der Waals surface area contributed by atoms with E-state index in [2.05, 4.69) is 23.7 Å². The summed E-state index contributed by atoms with van der Waals surface area (Å²) in [6.45, 7) is 14.3. The molecule has 0 fully saturated rings. The second-order valence-electron chi connectivity index (χ2n) is 12.9. The standard InChI is InChI=1S/C39H47FN2O5.225H2/c1-8-22(2)37-36(39(47)41-30-17-12-23(3)25(5)18-30)35(32-11-9-10-24(4)27(32)7)38(28-13-15-29(40)16-14-28)42(37)21-26(6)33(44)19-31(43)20-34(45)46;;;;;;;;;;;;;;;;;;;;;;;;;;;;;;;;;;;;;;;;;;;;;;;;;;;;;;;;;;;;;;;;;;;;;;;;;;;;;;;;;;;;;;;;;;;;;;;;;;;;;;;;;;;;;;;;;;;;;;;;;;;;;;;;;;;;;;;;;;;;;;;;;;;;;;;;;;;;;;;;;;;;;;;;;;;;;;;;;;;;;;;;;;;;;;;;;;;;;;;;;;;;;;;;;;;;;;;;;;;;;;;;;/h9-18,22,26,31,33,43-44H,8,19-21H2,1-7H3,(H,41,47)(H,45,46);225*1H/t22?,26?,31-,33+;;;;;;;;;;;;;;;;;;;;;;;;;;;;;;;;;;;;;;;;;;;;;;;;;;;;;;;;;;;;;;;;;;;;;;;;;;;;;;;;;;;;;;;;;;;;;;;;;;;;;;;;;;;;;;;;;;;;;;;;;;;;;;;;;;;;;;;;;;;;;;;;;;;;;;;;;;;;;;;;;;;;;;;;;;;;;;;;;;;;;;;;;;;;;;;;;;;;;;;;;;;;;;;;;;;;;;;;;;;;;;;;;/m1................................................................................................................................................................................................................................./s1. The zero-order valence-electron chi connectivity index (χ0n) is 28.4. The maximum absolute atomic E-state index is 14.6. The van der Waals surface area contributed by atoms with Gasteiger partial charge in [0.25, 0.3) is 5.91 Å². The van der Waals surface area contributed by atoms with Crippen molar-refractivity contribution in [2.45, 2.75) is 92.4 Å². The van der Waals surface area contributed by atoms with Crippen LogP contribution in [0.5, 0.6) is 0 Å². The molecular weight excluding hydrogens is 595 g/mol. The molecule has 3 aromatic carbocycles. The molecule has 0 bridgehead atoms. The van der Waals surface area contributed by atoms with Gasteiger partial charge in [0.05, 0.1) is 29.9 Å². The van der Waals surface area contributed by atoms with Gasteiger partial charge in [-0.1, -0.05) is 45.0 Å². The van der Waals surface area contributed by atoms with E-state index in [0.29, 0.717) is 16.8 Å². The molecular formula is C39H497FN2O5. The van der Waals surface area contributed by atoms with Crippen molar-refractivity contribution in [3.8, 4) is 22.4 Å². The fourth-order valence-electron chi connectivity index (χ4n) is 6.17. The Bertz CT molecular complexity index is 1920. The lowest BCUT2D eigenvalue weighted by Crippen LogP contribution is -2.29. The van der Waals surface area contributed by atoms with Crippen LogP contribution in [0.15, 0.2) is 60.7 Å². The second-order valence-corrected chi connectivity index (χ2v) is 12.9. The van der Waals surface area contributed by atoms with Gasteiger partial charge in [-0.2, -0.15) is 0 Å². The SMILES string of the molecule is CCC(C)c1c(C(=O)Nc2ccc(C)c(C)c2)c(-c2cccc(C)c2C)c(-c2ccc(F)cc2)n1CC(C)[C@@H](O)C[C@@H](O)CC(=O)O.[HH].[HH].[HH].[HH].[HH].[HH].[HH].[HH].[HH].[HH].[HH].[HH].[HH].[HH].[HH].[HH].[HH].[HH].[HH].[HH].[HH].[HH].[HH].[HH].[HH].[HH].[HH].[HH].[HH].[HH].[HH].[HH].[HH].[HH].[HH].[HH].[HH].[HH].[HH].[HH].[HH].[HH].[HH].[HH].[HH].[HH].[HH].[HH].[HH].[HH].[HH].[HH].[HH].[HH].[HH].[HH].[HH].[HH].[HH].[HH].[HH].[HH].[HH].[HH].[HH].[HH].[HH].[HH].[HH].[HH].[HH].[HH].[HH].[HH].[HH].[HH].[HH].[HH].[HH].[HH].[HH].[HH].[HH].[HH].[HH].[HH].[HH].[HH].[HH].[HH].[HH].[HH].[HH].[HH].[HH].[HH].[HH].[HH].[HH].[HH].[HH].[HH].[HH].[HH].[HH].[HH].[HH].[HH].[HH].[HH].[HH].[HH].[HH].[HH].[HH].[HH].[HH].[HH].[HH].[HH].[HH].[HH].[HH].[HH].[HH].[HH].[HH].[HH].[HH].[HH].[HH].[HH].[HH].[HH].[HH].[HH].[HH].[HH].[HH].[HH].[HH].[HH].[HH].[HH].[HH].[HH].[HH].[HH].[HH].[HH].[HH].[HH].[HH].[HH].[HH].[HH].[HH].[HH].[HH].[HH].[HH].[HH].[HH].[HH].[HH].[HH].[HH].[HH].[HH].[HH].[HH].[HH].[HH].[HH].[HH].[HH].[HH].[HH].[HH].[HH].[HH].[HH].[HH].[HH].[HH].[HH].[HH].[HH].[HH].[HH].[HH].[HH].[HH].[HH].[HH].[HH].[HH].[HH].[HH].[HH].[HH].[HH].[HH].[HH].[HH].[HH].[HH].[HH].[HH].[HH].[HH].[HH].[HH].[HH].[HH].[HH].[HH].[HH].[HH].[HH].[HH].[HH].[HH].[HH].[HH]. The molecule has 0 aliphatic heterocycles. The van der Waals surface area contributed by atoms with Gasteiger partial charge >= 0.3 is 5.97 Å². The number of carbonyl (C=O) groups excluding carboxylic acids is 1. The smallest absolute Gasteiger partial charge is 0.305 e. The molecule has 7 nitrogen and oxygen atoms in total. The highest BCUT2D eigenvalue weighted by Gasteiger charge is 2.33. The molecule has 4 aromatic rings. The van der Waals surface area contributed by atoms with Crippen LogP contribution in [-0.2, 0) is 11.3 Å². The van der Waals surface area contributed by atoms with Crippen molar-refractivity contribution in [2.75, 3.05) is 5.32 Å². The lowest BCUT2D eigenvalue weighted by molar-refractivity contribution is -0.139. The summed E-state index contributed by atoms with van der Waals surface area (Å²) in [5.74, 6) is -2.32. The Morgan fingerprint density at radius 1 is 0.936 bits per heavy atom. The number of hydrogen-bond acceptors (Lipinski definition) is 4. The first-order valence-corrected chi connectivity index (χ1v) is 16.3. The number of amides is 1. The molecule has 4 N–H and O–H groups in total. The van der Waals surface area contributed by atoms with Crippen LogP contribution in [0.3, 0.4) is 0 Å². The van der Waals surface area contributed by atoms with Crippen LogP contribution in [0.1, 0.15) is 405 Å². The van der Waals surface area contributed by atoms with Gasteiger partial charge < -0.3 is 25.2 Å². The minimum Gasteiger partial charge on any atom is -0.481 e. The Balaban J connectivity index is -0.000000000505. The lowest BCUT2D eigenvalue weighted by Gasteiger charge is -2.26. The zero-order valence-corrected chi connectivity index (χ0v) is 28.4. The molecule has 4 rings (SSSR count). The van der Waals surface area contributed by atoms with Gasteiger partial charge in [-0.05, 0) is 110 Å². The quantitative estimate of drug-likeness (QED) is 0.107. The third kappa shape index (κ3) is 8.00. The number of benzene rings is 3. The Labute approximate surface area is 611 Å². The molecule has 1 amide bonds. The van der Waals surface area contributed by atoms with Crippen molar-refractivity contribution >= 4 is 17.6 Å². The van der Waals surface area contributed by atoms with Crippen molar-refractivity contribution in [2.24, 2.45) is 5.92 Å². The Morgan fingerprint density at radius 3 is 2.23 bits per heavy atom. The van der Waals surface area contributed by atoms with Crippen LogP contribution in [0, 0.1) is 39.4 Å². The predicted molar refractivity (Wildman–Crippen MR) is 661 cm³/mol. The van der Waals surface area contributed by atoms with Gasteiger partial charge in [0.15, 0.2) is 0 Å². The van der Waals surface area contributed by atoms with E-state index in [9.17, 15) is 24.2 Å². The fraction of sp³-hybridized carbons (Fsp3) is 0.385. The molecule has 4 atom stereocenters. The normalized spacial score (nSPS) is 14.0. The van der Waals surface area contributed by atoms with Gasteiger partial charge in [-0.3, -0.25) is 9.59 Å². The monoisotopic (exact) mass is 1100 g/mol. The van der Waals surface area contributed by atoms with E-state index in [1.165, 1.54) is 12.1 Å². The largest absolute Gasteiger partial charge is 0.481 e. The maximum Gasteiger partial charge on any atom is 0.305 e. The highest BCUT2D eigenvalue weighted by Crippen LogP contribution is 2.45. The third-order valence-electron chi connectivity index (χ3n) is 9.42. The van der Waals surface area contributed by atoms with Crippen LogP contribution in [0.25, 0.3) is 22.4 Å². The third-order valence-corrected chi connectivity index (χ3v) is 9.42. The molecule has 0 spiro atoms. The number of hydrogen-bond donors (Lipinski definition) is 4. The minimum absolute atomic E-state index is 0. The number of aliphatic hydroxyl groups is 2. The Kier molecular flexibility index (Phi) is 11.4. The first kappa shape index (κ1) is 35.6. The number of rotatable bonds is 13. The molecule has 0 saturated carbocycles. The van der Waals surface area contributed by atoms with Gasteiger partial charge in [0.1, 0.15) is 5.82 Å². The van der Waals surface area contributed by atoms with Crippen LogP contribution in [-0.4, -0.2) is 44.0 Å². The molecule has 700 valence electrons. The Hall–Kier alpha value is -4.27.